The Labute approximate surface area is 106 Å². The van der Waals surface area contributed by atoms with Gasteiger partial charge in [0.2, 0.25) is 5.95 Å². The van der Waals surface area contributed by atoms with Crippen LogP contribution in [0.3, 0.4) is 0 Å². The lowest BCUT2D eigenvalue weighted by atomic mass is 10.4. The molecule has 1 aromatic rings. The topological polar surface area (TPSA) is 98.4 Å². The number of hydrogen-bond acceptors (Lipinski definition) is 7. The molecule has 0 spiro atoms. The first kappa shape index (κ1) is 13.0. The molecule has 0 unspecified atom stereocenters. The molecule has 100 valence electrons. The molecular weight excluding hydrogens is 256 g/mol. The number of nitrogens with zero attached hydrogens (tertiary/aromatic N) is 3. The Kier molecular flexibility index (Phi) is 3.67. The molecule has 8 heteroatoms. The average Bonchev–Trinajstić information content (AvgIpc) is 2.39. The second-order valence-electron chi connectivity index (χ2n) is 3.92. The molecule has 0 aliphatic carbocycles. The summed E-state index contributed by atoms with van der Waals surface area (Å²) in [7, 11) is -3.37. The van der Waals surface area contributed by atoms with Crippen LogP contribution in [-0.4, -0.2) is 50.4 Å². The van der Waals surface area contributed by atoms with E-state index in [1.165, 1.54) is 6.20 Å². The van der Waals surface area contributed by atoms with Crippen molar-refractivity contribution in [1.29, 1.82) is 0 Å². The summed E-state index contributed by atoms with van der Waals surface area (Å²) in [6, 6.07) is 0. The number of nitrogen functional groups attached to an aromatic ring is 1. The molecule has 0 saturated carbocycles. The molecule has 18 heavy (non-hydrogen) atoms. The van der Waals surface area contributed by atoms with Gasteiger partial charge in [-0.2, -0.15) is 4.98 Å². The lowest BCUT2D eigenvalue weighted by Gasteiger charge is -2.26. The quantitative estimate of drug-likeness (QED) is 0.805. The zero-order valence-electron chi connectivity index (χ0n) is 10.2. The van der Waals surface area contributed by atoms with Crippen LogP contribution in [0.15, 0.2) is 11.1 Å². The number of hydrogen-bond donors (Lipinski definition) is 1. The normalized spacial score (nSPS) is 16.8. The van der Waals surface area contributed by atoms with Gasteiger partial charge in [-0.15, -0.1) is 0 Å². The fraction of sp³-hybridized carbons (Fsp3) is 0.600. The van der Waals surface area contributed by atoms with Crippen LogP contribution in [0.25, 0.3) is 0 Å². The molecule has 0 atom stereocenters. The second kappa shape index (κ2) is 5.07. The zero-order chi connectivity index (χ0) is 13.2. The minimum absolute atomic E-state index is 0.00186. The van der Waals surface area contributed by atoms with Crippen molar-refractivity contribution in [3.63, 3.8) is 0 Å². The van der Waals surface area contributed by atoms with Crippen molar-refractivity contribution in [2.45, 2.75) is 11.8 Å². The molecule has 1 aliphatic heterocycles. The van der Waals surface area contributed by atoms with Crippen LogP contribution in [0.2, 0.25) is 0 Å². The van der Waals surface area contributed by atoms with Crippen molar-refractivity contribution in [2.75, 3.05) is 42.7 Å². The zero-order valence-corrected chi connectivity index (χ0v) is 11.0. The monoisotopic (exact) mass is 272 g/mol. The number of morpholine rings is 1. The maximum absolute atomic E-state index is 11.7. The first-order valence-electron chi connectivity index (χ1n) is 5.72. The number of sulfone groups is 1. The molecule has 7 nitrogen and oxygen atoms in total. The van der Waals surface area contributed by atoms with Gasteiger partial charge in [-0.1, -0.05) is 6.92 Å². The van der Waals surface area contributed by atoms with Gasteiger partial charge in [0.1, 0.15) is 10.7 Å². The molecule has 1 saturated heterocycles. The van der Waals surface area contributed by atoms with Crippen LogP contribution in [0.4, 0.5) is 11.8 Å². The van der Waals surface area contributed by atoms with Gasteiger partial charge < -0.3 is 15.4 Å². The molecule has 2 rings (SSSR count). The molecule has 0 amide bonds. The molecular formula is C10H16N4O3S. The average molecular weight is 272 g/mol. The Morgan fingerprint density at radius 1 is 1.44 bits per heavy atom. The van der Waals surface area contributed by atoms with E-state index in [1.807, 2.05) is 4.90 Å². The number of nitrogens with two attached hydrogens (primary N) is 1. The maximum atomic E-state index is 11.7. The minimum atomic E-state index is -3.37. The summed E-state index contributed by atoms with van der Waals surface area (Å²) in [5.41, 5.74) is 5.70. The summed E-state index contributed by atoms with van der Waals surface area (Å²) in [6.07, 6.45) is 1.28. The van der Waals surface area contributed by atoms with Crippen LogP contribution >= 0.6 is 0 Å². The summed E-state index contributed by atoms with van der Waals surface area (Å²) in [5.74, 6) is 0.441. The van der Waals surface area contributed by atoms with Crippen molar-refractivity contribution >= 4 is 21.6 Å². The lowest BCUT2D eigenvalue weighted by molar-refractivity contribution is 0.122. The van der Waals surface area contributed by atoms with Gasteiger partial charge in [-0.3, -0.25) is 0 Å². The maximum Gasteiger partial charge on any atom is 0.227 e. The molecule has 2 heterocycles. The van der Waals surface area contributed by atoms with E-state index in [9.17, 15) is 8.42 Å². The van der Waals surface area contributed by atoms with Crippen molar-refractivity contribution in [2.24, 2.45) is 0 Å². The van der Waals surface area contributed by atoms with Gasteiger partial charge in [0, 0.05) is 13.1 Å². The van der Waals surface area contributed by atoms with E-state index in [0.29, 0.717) is 32.3 Å². The van der Waals surface area contributed by atoms with Gasteiger partial charge in [0.05, 0.1) is 25.2 Å². The highest BCUT2D eigenvalue weighted by atomic mass is 32.2. The first-order chi connectivity index (χ1) is 8.54. The van der Waals surface area contributed by atoms with Crippen molar-refractivity contribution in [3.8, 4) is 0 Å². The first-order valence-corrected chi connectivity index (χ1v) is 7.38. The highest BCUT2D eigenvalue weighted by Crippen LogP contribution is 2.19. The smallest absolute Gasteiger partial charge is 0.227 e. The van der Waals surface area contributed by atoms with Gasteiger partial charge in [0.15, 0.2) is 9.84 Å². The van der Waals surface area contributed by atoms with Crippen molar-refractivity contribution < 1.29 is 13.2 Å². The van der Waals surface area contributed by atoms with Gasteiger partial charge >= 0.3 is 0 Å². The van der Waals surface area contributed by atoms with E-state index in [4.69, 9.17) is 10.5 Å². The molecule has 1 fully saturated rings. The summed E-state index contributed by atoms with van der Waals surface area (Å²) in [6.45, 7) is 4.14. The lowest BCUT2D eigenvalue weighted by Crippen LogP contribution is -2.37. The Morgan fingerprint density at radius 3 is 2.67 bits per heavy atom. The van der Waals surface area contributed by atoms with Crippen LogP contribution in [0, 0.1) is 0 Å². The second-order valence-corrected chi connectivity index (χ2v) is 6.17. The molecule has 1 aromatic heterocycles. The molecule has 0 aromatic carbocycles. The predicted octanol–water partition coefficient (Wildman–Crippen LogP) is -0.311. The predicted molar refractivity (Wildman–Crippen MR) is 67.2 cm³/mol. The molecule has 0 radical (unpaired) electrons. The largest absolute Gasteiger partial charge is 0.382 e. The third kappa shape index (κ3) is 2.54. The Hall–Kier alpha value is -1.41. The van der Waals surface area contributed by atoms with E-state index in [2.05, 4.69) is 9.97 Å². The standard InChI is InChI=1S/C10H16N4O3S/c1-2-18(15,16)8-7-12-10(13-9(8)11)14-3-5-17-6-4-14/h7H,2-6H2,1H3,(H2,11,12,13). The minimum Gasteiger partial charge on any atom is -0.382 e. The van der Waals surface area contributed by atoms with Crippen LogP contribution in [0.5, 0.6) is 0 Å². The number of ether oxygens (including phenoxy) is 1. The van der Waals surface area contributed by atoms with E-state index >= 15 is 0 Å². The number of rotatable bonds is 3. The van der Waals surface area contributed by atoms with Crippen LogP contribution in [-0.2, 0) is 14.6 Å². The Balaban J connectivity index is 2.30. The third-order valence-corrected chi connectivity index (χ3v) is 4.52. The molecule has 1 aliphatic rings. The Bertz CT molecular complexity index is 526. The van der Waals surface area contributed by atoms with Gasteiger partial charge in [-0.05, 0) is 0 Å². The van der Waals surface area contributed by atoms with Gasteiger partial charge in [-0.25, -0.2) is 13.4 Å². The Morgan fingerprint density at radius 2 is 2.11 bits per heavy atom. The van der Waals surface area contributed by atoms with E-state index < -0.39 is 9.84 Å². The fourth-order valence-electron chi connectivity index (χ4n) is 1.69. The number of aromatic nitrogens is 2. The van der Waals surface area contributed by atoms with Crippen LogP contribution < -0.4 is 10.6 Å². The summed E-state index contributed by atoms with van der Waals surface area (Å²) in [4.78, 5) is 10.1. The third-order valence-electron chi connectivity index (χ3n) is 2.78. The summed E-state index contributed by atoms with van der Waals surface area (Å²) in [5, 5.41) is 0. The van der Waals surface area contributed by atoms with E-state index in [0.717, 1.165) is 0 Å². The summed E-state index contributed by atoms with van der Waals surface area (Å²) >= 11 is 0. The van der Waals surface area contributed by atoms with Crippen molar-refractivity contribution in [3.05, 3.63) is 6.20 Å². The van der Waals surface area contributed by atoms with E-state index in [-0.39, 0.29) is 16.5 Å². The van der Waals surface area contributed by atoms with Crippen molar-refractivity contribution in [1.82, 2.24) is 9.97 Å². The summed E-state index contributed by atoms with van der Waals surface area (Å²) < 4.78 is 28.7. The molecule has 0 bridgehead atoms. The highest BCUT2D eigenvalue weighted by Gasteiger charge is 2.20. The van der Waals surface area contributed by atoms with Crippen LogP contribution in [0.1, 0.15) is 6.92 Å². The van der Waals surface area contributed by atoms with E-state index in [1.54, 1.807) is 6.92 Å². The van der Waals surface area contributed by atoms with Gasteiger partial charge in [0.25, 0.3) is 0 Å². The fourth-order valence-corrected chi connectivity index (χ4v) is 2.57. The number of anilines is 2. The molecule has 2 N–H and O–H groups in total. The SMILES string of the molecule is CCS(=O)(=O)c1cnc(N2CCOCC2)nc1N. The highest BCUT2D eigenvalue weighted by molar-refractivity contribution is 7.91.